The number of fused-ring (bicyclic) bond motifs is 1. The van der Waals surface area contributed by atoms with Crippen molar-refractivity contribution in [3.63, 3.8) is 0 Å². The first-order valence-electron chi connectivity index (χ1n) is 3.28. The van der Waals surface area contributed by atoms with E-state index in [4.69, 9.17) is 11.6 Å². The Morgan fingerprint density at radius 2 is 2.17 bits per heavy atom. The van der Waals surface area contributed by atoms with E-state index in [2.05, 4.69) is 12.6 Å². The molecule has 0 fully saturated rings. The fourth-order valence-corrected chi connectivity index (χ4v) is 2.63. The molecule has 0 aliphatic heterocycles. The van der Waals surface area contributed by atoms with Gasteiger partial charge in [0, 0.05) is 15.7 Å². The summed E-state index contributed by atoms with van der Waals surface area (Å²) in [5.74, 6) is 0.124. The van der Waals surface area contributed by atoms with Crippen LogP contribution in [-0.2, 0) is 0 Å². The Morgan fingerprint density at radius 1 is 1.42 bits per heavy atom. The van der Waals surface area contributed by atoms with Crippen LogP contribution in [0.15, 0.2) is 22.4 Å². The first kappa shape index (κ1) is 8.23. The molecule has 0 saturated heterocycles. The molecule has 0 atom stereocenters. The van der Waals surface area contributed by atoms with Crippen LogP contribution in [0.25, 0.3) is 10.1 Å². The average Bonchev–Trinajstić information content (AvgIpc) is 2.41. The van der Waals surface area contributed by atoms with Crippen LogP contribution in [0.3, 0.4) is 0 Å². The van der Waals surface area contributed by atoms with Gasteiger partial charge < -0.3 is 5.11 Å². The molecule has 0 bridgehead atoms. The van der Waals surface area contributed by atoms with Gasteiger partial charge >= 0.3 is 0 Å². The number of benzene rings is 1. The number of hydrogen-bond acceptors (Lipinski definition) is 3. The minimum absolute atomic E-state index is 0.124. The van der Waals surface area contributed by atoms with E-state index in [0.29, 0.717) is 5.02 Å². The van der Waals surface area contributed by atoms with Gasteiger partial charge in [-0.05, 0) is 12.1 Å². The Kier molecular flexibility index (Phi) is 1.94. The van der Waals surface area contributed by atoms with Crippen molar-refractivity contribution < 1.29 is 5.11 Å². The lowest BCUT2D eigenvalue weighted by atomic mass is 10.2. The molecule has 1 aromatic heterocycles. The molecule has 1 aromatic carbocycles. The van der Waals surface area contributed by atoms with E-state index >= 15 is 0 Å². The van der Waals surface area contributed by atoms with Crippen LogP contribution in [0.4, 0.5) is 0 Å². The fraction of sp³-hybridized carbons (Fsp3) is 0. The van der Waals surface area contributed by atoms with Gasteiger partial charge in [0.05, 0.1) is 4.70 Å². The zero-order chi connectivity index (χ0) is 8.72. The monoisotopic (exact) mass is 216 g/mol. The number of phenols is 1. The van der Waals surface area contributed by atoms with Crippen LogP contribution in [0.1, 0.15) is 0 Å². The molecule has 12 heavy (non-hydrogen) atoms. The van der Waals surface area contributed by atoms with Crippen LogP contribution in [0.5, 0.6) is 5.75 Å². The molecule has 0 aliphatic rings. The molecule has 2 aromatic rings. The second-order valence-electron chi connectivity index (χ2n) is 2.40. The van der Waals surface area contributed by atoms with Gasteiger partial charge in [0.2, 0.25) is 0 Å². The Morgan fingerprint density at radius 3 is 2.92 bits per heavy atom. The van der Waals surface area contributed by atoms with E-state index in [1.54, 1.807) is 6.07 Å². The van der Waals surface area contributed by atoms with Crippen LogP contribution in [0, 0.1) is 0 Å². The molecule has 2 rings (SSSR count). The molecule has 0 amide bonds. The molecular formula is C8H5ClOS2. The Balaban J connectivity index is 2.93. The molecule has 0 unspecified atom stereocenters. The largest absolute Gasteiger partial charge is 0.506 e. The summed E-state index contributed by atoms with van der Waals surface area (Å²) in [6, 6.07) is 3.40. The summed E-state index contributed by atoms with van der Waals surface area (Å²) in [5.41, 5.74) is 0. The summed E-state index contributed by atoms with van der Waals surface area (Å²) in [4.78, 5) is 0.900. The van der Waals surface area contributed by atoms with E-state index in [1.165, 1.54) is 11.3 Å². The molecule has 0 spiro atoms. The number of rotatable bonds is 0. The average molecular weight is 217 g/mol. The van der Waals surface area contributed by atoms with Gasteiger partial charge in [-0.25, -0.2) is 0 Å². The van der Waals surface area contributed by atoms with Gasteiger partial charge in [-0.15, -0.1) is 24.0 Å². The highest BCUT2D eigenvalue weighted by molar-refractivity contribution is 7.80. The predicted molar refractivity (Wildman–Crippen MR) is 55.8 cm³/mol. The molecule has 62 valence electrons. The standard InChI is InChI=1S/C8H5ClOS2/c9-7-5(10)2-1-4-6(11)3-12-8(4)7/h1-3,10-11H. The number of phenolic OH excluding ortho intramolecular Hbond substituents is 1. The quantitative estimate of drug-likeness (QED) is 0.646. The maximum absolute atomic E-state index is 9.28. The number of thiophene rings is 1. The Bertz CT molecular complexity index is 436. The van der Waals surface area contributed by atoms with Gasteiger partial charge in [0.25, 0.3) is 0 Å². The summed E-state index contributed by atoms with van der Waals surface area (Å²) < 4.78 is 0.890. The van der Waals surface area contributed by atoms with Crippen molar-refractivity contribution in [2.45, 2.75) is 4.90 Å². The normalized spacial score (nSPS) is 10.8. The number of thiol groups is 1. The molecule has 4 heteroatoms. The predicted octanol–water partition coefficient (Wildman–Crippen LogP) is 3.55. The summed E-state index contributed by atoms with van der Waals surface area (Å²) in [7, 11) is 0. The zero-order valence-electron chi connectivity index (χ0n) is 5.91. The summed E-state index contributed by atoms with van der Waals surface area (Å²) in [5, 5.41) is 12.6. The van der Waals surface area contributed by atoms with E-state index in [9.17, 15) is 5.11 Å². The van der Waals surface area contributed by atoms with Crippen molar-refractivity contribution in [1.82, 2.24) is 0 Å². The second-order valence-corrected chi connectivity index (χ2v) is 4.14. The van der Waals surface area contributed by atoms with Crippen LogP contribution < -0.4 is 0 Å². The van der Waals surface area contributed by atoms with E-state index in [1.807, 2.05) is 11.4 Å². The second kappa shape index (κ2) is 2.83. The molecule has 1 nitrogen and oxygen atoms in total. The summed E-state index contributed by atoms with van der Waals surface area (Å²) >= 11 is 11.6. The van der Waals surface area contributed by atoms with Crippen molar-refractivity contribution in [3.05, 3.63) is 22.5 Å². The topological polar surface area (TPSA) is 20.2 Å². The van der Waals surface area contributed by atoms with Gasteiger partial charge in [-0.3, -0.25) is 0 Å². The third-order valence-corrected chi connectivity index (χ3v) is 3.69. The molecule has 0 radical (unpaired) electrons. The number of hydrogen-bond donors (Lipinski definition) is 2. The van der Waals surface area contributed by atoms with Crippen molar-refractivity contribution in [1.29, 1.82) is 0 Å². The number of aromatic hydroxyl groups is 1. The lowest BCUT2D eigenvalue weighted by molar-refractivity contribution is 0.476. The van der Waals surface area contributed by atoms with Crippen LogP contribution in [0.2, 0.25) is 5.02 Å². The first-order chi connectivity index (χ1) is 5.70. The van der Waals surface area contributed by atoms with Crippen molar-refractivity contribution in [2.75, 3.05) is 0 Å². The smallest absolute Gasteiger partial charge is 0.135 e. The van der Waals surface area contributed by atoms with E-state index < -0.39 is 0 Å². The van der Waals surface area contributed by atoms with Gasteiger partial charge in [-0.1, -0.05) is 11.6 Å². The lowest BCUT2D eigenvalue weighted by Gasteiger charge is -1.96. The summed E-state index contributed by atoms with van der Waals surface area (Å²) in [6.45, 7) is 0. The maximum Gasteiger partial charge on any atom is 0.135 e. The van der Waals surface area contributed by atoms with Crippen molar-refractivity contribution >= 4 is 45.7 Å². The van der Waals surface area contributed by atoms with Crippen LogP contribution in [-0.4, -0.2) is 5.11 Å². The third-order valence-electron chi connectivity index (χ3n) is 1.64. The molecular weight excluding hydrogens is 212 g/mol. The fourth-order valence-electron chi connectivity index (χ4n) is 1.04. The molecule has 1 N–H and O–H groups in total. The van der Waals surface area contributed by atoms with Crippen molar-refractivity contribution in [2.24, 2.45) is 0 Å². The minimum Gasteiger partial charge on any atom is -0.506 e. The SMILES string of the molecule is Oc1ccc2c(S)csc2c1Cl. The Hall–Kier alpha value is -0.380. The summed E-state index contributed by atoms with van der Waals surface area (Å²) in [6.07, 6.45) is 0. The van der Waals surface area contributed by atoms with E-state index in [-0.39, 0.29) is 5.75 Å². The number of halogens is 1. The lowest BCUT2D eigenvalue weighted by Crippen LogP contribution is -1.68. The molecule has 0 saturated carbocycles. The Labute approximate surface area is 84.0 Å². The molecule has 0 aliphatic carbocycles. The highest BCUT2D eigenvalue weighted by atomic mass is 35.5. The zero-order valence-corrected chi connectivity index (χ0v) is 8.38. The molecule has 1 heterocycles. The van der Waals surface area contributed by atoms with Crippen molar-refractivity contribution in [3.8, 4) is 5.75 Å². The van der Waals surface area contributed by atoms with E-state index in [0.717, 1.165) is 15.0 Å². The maximum atomic E-state index is 9.28. The third kappa shape index (κ3) is 1.09. The highest BCUT2D eigenvalue weighted by Gasteiger charge is 2.07. The van der Waals surface area contributed by atoms with Gasteiger partial charge in [-0.2, -0.15) is 0 Å². The highest BCUT2D eigenvalue weighted by Crippen LogP contribution is 2.38. The minimum atomic E-state index is 0.124. The van der Waals surface area contributed by atoms with Crippen LogP contribution >= 0.6 is 35.6 Å². The van der Waals surface area contributed by atoms with Gasteiger partial charge in [0.15, 0.2) is 0 Å². The first-order valence-corrected chi connectivity index (χ1v) is 4.98. The van der Waals surface area contributed by atoms with Gasteiger partial charge in [0.1, 0.15) is 10.8 Å².